The average molecular weight is 241 g/mol. The molecule has 0 aromatic rings. The zero-order chi connectivity index (χ0) is 13.4. The van der Waals surface area contributed by atoms with Gasteiger partial charge in [-0.2, -0.15) is 0 Å². The lowest BCUT2D eigenvalue weighted by Gasteiger charge is -2.26. The Bertz CT molecular complexity index is 334. The predicted octanol–water partition coefficient (Wildman–Crippen LogP) is 2.04. The van der Waals surface area contributed by atoms with Crippen LogP contribution in [0, 0.1) is 17.3 Å². The van der Waals surface area contributed by atoms with E-state index < -0.39 is 23.2 Å². The molecule has 0 aromatic heterocycles. The molecule has 17 heavy (non-hydrogen) atoms. The summed E-state index contributed by atoms with van der Waals surface area (Å²) in [6, 6.07) is 0. The number of carbonyl (C=O) groups excluding carboxylic acids is 1. The van der Waals surface area contributed by atoms with E-state index in [9.17, 15) is 9.59 Å². The molecule has 0 saturated heterocycles. The van der Waals surface area contributed by atoms with Gasteiger partial charge in [0.1, 0.15) is 0 Å². The molecule has 98 valence electrons. The third-order valence-corrected chi connectivity index (χ3v) is 3.71. The van der Waals surface area contributed by atoms with Crippen molar-refractivity contribution in [1.29, 1.82) is 0 Å². The van der Waals surface area contributed by atoms with Gasteiger partial charge in [-0.15, -0.1) is 0 Å². The molecule has 4 nitrogen and oxygen atoms in total. The van der Waals surface area contributed by atoms with Crippen molar-refractivity contribution in [2.45, 2.75) is 53.0 Å². The first-order chi connectivity index (χ1) is 7.63. The molecule has 1 saturated carbocycles. The minimum absolute atomic E-state index is 0.124. The van der Waals surface area contributed by atoms with E-state index in [-0.39, 0.29) is 11.4 Å². The molecule has 0 bridgehead atoms. The molecule has 1 rings (SSSR count). The topological polar surface area (TPSA) is 66.4 Å². The molecule has 1 aliphatic carbocycles. The Labute approximate surface area is 103 Å². The number of nitrogens with one attached hydrogen (secondary N) is 1. The molecule has 0 aromatic carbocycles. The quantitative estimate of drug-likeness (QED) is 0.774. The third-order valence-electron chi connectivity index (χ3n) is 3.71. The lowest BCUT2D eigenvalue weighted by Crippen LogP contribution is -2.44. The summed E-state index contributed by atoms with van der Waals surface area (Å²) in [5.74, 6) is -1.93. The molecule has 0 unspecified atom stereocenters. The molecular formula is C13H23NO3. The fourth-order valence-electron chi connectivity index (χ4n) is 2.69. The van der Waals surface area contributed by atoms with Gasteiger partial charge in [0.15, 0.2) is 0 Å². The molecule has 0 aliphatic heterocycles. The fraction of sp³-hybridized carbons (Fsp3) is 0.846. The summed E-state index contributed by atoms with van der Waals surface area (Å²) in [4.78, 5) is 23.1. The average Bonchev–Trinajstić information content (AvgIpc) is 2.67. The number of hydrogen-bond donors (Lipinski definition) is 2. The Kier molecular flexibility index (Phi) is 3.55. The van der Waals surface area contributed by atoms with Crippen molar-refractivity contribution in [1.82, 2.24) is 5.32 Å². The van der Waals surface area contributed by atoms with Crippen molar-refractivity contribution in [2.24, 2.45) is 17.3 Å². The molecular weight excluding hydrogens is 218 g/mol. The highest BCUT2D eigenvalue weighted by Gasteiger charge is 2.66. The second kappa shape index (κ2) is 4.31. The SMILES string of the molecule is CCCC(C)(C)NC(=O)[C@H]1[C@@H](C(=O)O)C1(C)C. The Morgan fingerprint density at radius 2 is 1.82 bits per heavy atom. The van der Waals surface area contributed by atoms with Crippen molar-refractivity contribution in [2.75, 3.05) is 0 Å². The standard InChI is InChI=1S/C13H23NO3/c1-6-7-12(2,3)14-10(15)8-9(11(16)17)13(8,4)5/h8-9H,6-7H2,1-5H3,(H,14,15)(H,16,17)/t8-,9+/m1/s1. The minimum atomic E-state index is -0.872. The van der Waals surface area contributed by atoms with Gasteiger partial charge in [0.2, 0.25) is 5.91 Å². The zero-order valence-corrected chi connectivity index (χ0v) is 11.3. The largest absolute Gasteiger partial charge is 0.481 e. The molecule has 2 N–H and O–H groups in total. The van der Waals surface area contributed by atoms with Crippen LogP contribution in [0.25, 0.3) is 0 Å². The van der Waals surface area contributed by atoms with E-state index in [0.717, 1.165) is 12.8 Å². The summed E-state index contributed by atoms with van der Waals surface area (Å²) in [5.41, 5.74) is -0.675. The number of aliphatic carboxylic acids is 1. The first-order valence-electron chi connectivity index (χ1n) is 6.18. The molecule has 0 spiro atoms. The summed E-state index contributed by atoms with van der Waals surface area (Å²) in [7, 11) is 0. The molecule has 0 heterocycles. The number of carbonyl (C=O) groups is 2. The van der Waals surface area contributed by atoms with Crippen molar-refractivity contribution < 1.29 is 14.7 Å². The summed E-state index contributed by atoms with van der Waals surface area (Å²) in [5, 5.41) is 12.0. The monoisotopic (exact) mass is 241 g/mol. The number of amides is 1. The van der Waals surface area contributed by atoms with Crippen molar-refractivity contribution in [3.05, 3.63) is 0 Å². The van der Waals surface area contributed by atoms with E-state index in [1.54, 1.807) is 0 Å². The Morgan fingerprint density at radius 3 is 2.18 bits per heavy atom. The lowest BCUT2D eigenvalue weighted by molar-refractivity contribution is -0.140. The van der Waals surface area contributed by atoms with E-state index in [0.29, 0.717) is 0 Å². The lowest BCUT2D eigenvalue weighted by atomic mass is 9.98. The van der Waals surface area contributed by atoms with Crippen LogP contribution in [-0.2, 0) is 9.59 Å². The van der Waals surface area contributed by atoms with Crippen LogP contribution in [0.1, 0.15) is 47.5 Å². The van der Waals surface area contributed by atoms with Gasteiger partial charge in [0, 0.05) is 5.54 Å². The van der Waals surface area contributed by atoms with E-state index in [1.807, 2.05) is 27.7 Å². The summed E-state index contributed by atoms with van der Waals surface area (Å²) in [6.07, 6.45) is 1.88. The Hall–Kier alpha value is -1.06. The van der Waals surface area contributed by atoms with Crippen LogP contribution in [0.4, 0.5) is 0 Å². The number of carboxylic acid groups (broad SMARTS) is 1. The van der Waals surface area contributed by atoms with Gasteiger partial charge in [0.25, 0.3) is 0 Å². The summed E-state index contributed by atoms with van der Waals surface area (Å²) in [6.45, 7) is 9.68. The maximum atomic E-state index is 12.1. The van der Waals surface area contributed by atoms with E-state index in [1.165, 1.54) is 0 Å². The molecule has 2 atom stereocenters. The number of hydrogen-bond acceptors (Lipinski definition) is 2. The Morgan fingerprint density at radius 1 is 1.29 bits per heavy atom. The van der Waals surface area contributed by atoms with E-state index >= 15 is 0 Å². The van der Waals surface area contributed by atoms with Gasteiger partial charge in [-0.05, 0) is 25.7 Å². The molecule has 4 heteroatoms. The van der Waals surface area contributed by atoms with Gasteiger partial charge < -0.3 is 10.4 Å². The van der Waals surface area contributed by atoms with Gasteiger partial charge in [-0.3, -0.25) is 9.59 Å². The van der Waals surface area contributed by atoms with E-state index in [4.69, 9.17) is 5.11 Å². The van der Waals surface area contributed by atoms with Crippen LogP contribution in [0.15, 0.2) is 0 Å². The van der Waals surface area contributed by atoms with Crippen LogP contribution in [0.3, 0.4) is 0 Å². The first-order valence-corrected chi connectivity index (χ1v) is 6.18. The molecule has 1 fully saturated rings. The van der Waals surface area contributed by atoms with Crippen molar-refractivity contribution in [3.63, 3.8) is 0 Å². The smallest absolute Gasteiger partial charge is 0.307 e. The fourth-order valence-corrected chi connectivity index (χ4v) is 2.69. The van der Waals surface area contributed by atoms with Crippen LogP contribution >= 0.6 is 0 Å². The second-order valence-electron chi connectivity index (χ2n) is 6.24. The molecule has 1 amide bonds. The normalized spacial score (nSPS) is 26.4. The van der Waals surface area contributed by atoms with Crippen molar-refractivity contribution >= 4 is 11.9 Å². The van der Waals surface area contributed by atoms with Crippen LogP contribution < -0.4 is 5.32 Å². The molecule has 0 radical (unpaired) electrons. The summed E-state index contributed by atoms with van der Waals surface area (Å²) < 4.78 is 0. The second-order valence-corrected chi connectivity index (χ2v) is 6.24. The van der Waals surface area contributed by atoms with Crippen LogP contribution in [0.5, 0.6) is 0 Å². The minimum Gasteiger partial charge on any atom is -0.481 e. The molecule has 1 aliphatic rings. The summed E-state index contributed by atoms with van der Waals surface area (Å²) >= 11 is 0. The van der Waals surface area contributed by atoms with Gasteiger partial charge in [0.05, 0.1) is 11.8 Å². The maximum Gasteiger partial charge on any atom is 0.307 e. The van der Waals surface area contributed by atoms with Crippen LogP contribution in [-0.4, -0.2) is 22.5 Å². The number of rotatable bonds is 5. The number of carboxylic acids is 1. The van der Waals surface area contributed by atoms with E-state index in [2.05, 4.69) is 12.2 Å². The van der Waals surface area contributed by atoms with Crippen molar-refractivity contribution in [3.8, 4) is 0 Å². The van der Waals surface area contributed by atoms with Gasteiger partial charge >= 0.3 is 5.97 Å². The predicted molar refractivity (Wildman–Crippen MR) is 65.5 cm³/mol. The van der Waals surface area contributed by atoms with Gasteiger partial charge in [-0.1, -0.05) is 27.2 Å². The van der Waals surface area contributed by atoms with Crippen LogP contribution in [0.2, 0.25) is 0 Å². The van der Waals surface area contributed by atoms with Gasteiger partial charge in [-0.25, -0.2) is 0 Å². The Balaban J connectivity index is 2.65. The highest BCUT2D eigenvalue weighted by molar-refractivity contribution is 5.91. The highest BCUT2D eigenvalue weighted by Crippen LogP contribution is 2.58. The third kappa shape index (κ3) is 2.79. The zero-order valence-electron chi connectivity index (χ0n) is 11.3. The highest BCUT2D eigenvalue weighted by atomic mass is 16.4. The maximum absolute atomic E-state index is 12.1. The first kappa shape index (κ1) is 14.0.